The molecule has 7 heteroatoms. The van der Waals surface area contributed by atoms with Gasteiger partial charge in [0.1, 0.15) is 0 Å². The first kappa shape index (κ1) is 26.5. The molecule has 0 aromatic heterocycles. The molecule has 0 saturated carbocycles. The molecule has 0 spiro atoms. The number of nitrogens with one attached hydrogen (secondary N) is 2. The molecule has 2 aromatic carbocycles. The quantitative estimate of drug-likeness (QED) is 0.194. The van der Waals surface area contributed by atoms with E-state index in [4.69, 9.17) is 4.99 Å². The van der Waals surface area contributed by atoms with Crippen LogP contribution in [0.5, 0.6) is 0 Å². The van der Waals surface area contributed by atoms with E-state index in [1.807, 2.05) is 28.8 Å². The van der Waals surface area contributed by atoms with Gasteiger partial charge in [-0.15, -0.1) is 35.7 Å². The fraction of sp³-hybridized carbons (Fsp3) is 0.440. The van der Waals surface area contributed by atoms with Crippen molar-refractivity contribution in [1.29, 1.82) is 0 Å². The molecule has 0 aliphatic carbocycles. The van der Waals surface area contributed by atoms with Gasteiger partial charge in [0.15, 0.2) is 5.96 Å². The standard InChI is InChI=1S/C25H34N4OS.HI/c1-3-26-25(27-17-20(2)31-23-12-8-5-9-13-23)28-18-22-16-24(30)29(19-22)15-14-21-10-6-4-7-11-21;/h4-13,20,22H,3,14-19H2,1-2H3,(H2,26,27,28);1H. The zero-order chi connectivity index (χ0) is 21.9. The lowest BCUT2D eigenvalue weighted by molar-refractivity contribution is -0.127. The highest BCUT2D eigenvalue weighted by molar-refractivity contribution is 14.0. The minimum atomic E-state index is 0. The highest BCUT2D eigenvalue weighted by atomic mass is 127. The summed E-state index contributed by atoms with van der Waals surface area (Å²) < 4.78 is 0. The molecule has 2 atom stereocenters. The number of hydrogen-bond donors (Lipinski definition) is 2. The maximum absolute atomic E-state index is 12.4. The van der Waals surface area contributed by atoms with Crippen molar-refractivity contribution >= 4 is 47.6 Å². The number of aliphatic imine (C=N–C) groups is 1. The predicted octanol–water partition coefficient (Wildman–Crippen LogP) is 4.43. The van der Waals surface area contributed by atoms with Gasteiger partial charge in [0, 0.05) is 48.7 Å². The van der Waals surface area contributed by atoms with Gasteiger partial charge >= 0.3 is 0 Å². The van der Waals surface area contributed by atoms with Crippen molar-refractivity contribution in [3.63, 3.8) is 0 Å². The Balaban J connectivity index is 0.00000363. The van der Waals surface area contributed by atoms with Crippen LogP contribution in [0.3, 0.4) is 0 Å². The number of rotatable bonds is 10. The van der Waals surface area contributed by atoms with Crippen LogP contribution in [0.4, 0.5) is 0 Å². The number of likely N-dealkylation sites (tertiary alicyclic amines) is 1. The maximum atomic E-state index is 12.4. The molecule has 5 nitrogen and oxygen atoms in total. The smallest absolute Gasteiger partial charge is 0.223 e. The number of benzene rings is 2. The Morgan fingerprint density at radius 3 is 2.50 bits per heavy atom. The van der Waals surface area contributed by atoms with E-state index in [1.54, 1.807) is 0 Å². The third-order valence-electron chi connectivity index (χ3n) is 5.30. The molecule has 174 valence electrons. The van der Waals surface area contributed by atoms with Crippen LogP contribution in [0, 0.1) is 5.92 Å². The second-order valence-electron chi connectivity index (χ2n) is 7.99. The van der Waals surface area contributed by atoms with Crippen LogP contribution >= 0.6 is 35.7 Å². The summed E-state index contributed by atoms with van der Waals surface area (Å²) in [4.78, 5) is 20.4. The Morgan fingerprint density at radius 2 is 1.81 bits per heavy atom. The van der Waals surface area contributed by atoms with E-state index in [2.05, 4.69) is 73.0 Å². The average Bonchev–Trinajstić information content (AvgIpc) is 3.15. The van der Waals surface area contributed by atoms with Gasteiger partial charge in [-0.05, 0) is 31.0 Å². The zero-order valence-electron chi connectivity index (χ0n) is 19.0. The van der Waals surface area contributed by atoms with Gasteiger partial charge in [-0.3, -0.25) is 9.79 Å². The van der Waals surface area contributed by atoms with Crippen LogP contribution in [-0.2, 0) is 11.2 Å². The fourth-order valence-electron chi connectivity index (χ4n) is 3.69. The molecule has 1 amide bonds. The lowest BCUT2D eigenvalue weighted by atomic mass is 10.1. The summed E-state index contributed by atoms with van der Waals surface area (Å²) in [5, 5.41) is 7.16. The topological polar surface area (TPSA) is 56.7 Å². The highest BCUT2D eigenvalue weighted by Crippen LogP contribution is 2.22. The van der Waals surface area contributed by atoms with Crippen LogP contribution < -0.4 is 10.6 Å². The first-order chi connectivity index (χ1) is 15.1. The lowest BCUT2D eigenvalue weighted by Gasteiger charge is -2.18. The molecule has 0 radical (unpaired) electrons. The number of halogens is 1. The second kappa shape index (κ2) is 14.4. The van der Waals surface area contributed by atoms with Crippen LogP contribution in [-0.4, -0.2) is 54.7 Å². The Kier molecular flexibility index (Phi) is 11.9. The van der Waals surface area contributed by atoms with Gasteiger partial charge in [0.25, 0.3) is 0 Å². The molecule has 1 aliphatic heterocycles. The van der Waals surface area contributed by atoms with Crippen LogP contribution in [0.1, 0.15) is 25.8 Å². The molecule has 1 heterocycles. The van der Waals surface area contributed by atoms with Crippen molar-refractivity contribution in [2.24, 2.45) is 10.9 Å². The molecular formula is C25H35IN4OS. The number of carbonyl (C=O) groups excluding carboxylic acids is 1. The van der Waals surface area contributed by atoms with Gasteiger partial charge in [-0.1, -0.05) is 55.5 Å². The summed E-state index contributed by atoms with van der Waals surface area (Å²) in [6, 6.07) is 20.8. The first-order valence-corrected chi connectivity index (χ1v) is 12.1. The van der Waals surface area contributed by atoms with Gasteiger partial charge in [-0.25, -0.2) is 0 Å². The zero-order valence-corrected chi connectivity index (χ0v) is 22.1. The molecule has 1 aliphatic rings. The molecule has 2 aromatic rings. The van der Waals surface area contributed by atoms with Crippen molar-refractivity contribution in [1.82, 2.24) is 15.5 Å². The van der Waals surface area contributed by atoms with E-state index in [0.29, 0.717) is 17.6 Å². The second-order valence-corrected chi connectivity index (χ2v) is 9.50. The van der Waals surface area contributed by atoms with Gasteiger partial charge < -0.3 is 15.5 Å². The Morgan fingerprint density at radius 1 is 1.12 bits per heavy atom. The van der Waals surface area contributed by atoms with Gasteiger partial charge in [0.2, 0.25) is 5.91 Å². The fourth-order valence-corrected chi connectivity index (χ4v) is 4.61. The van der Waals surface area contributed by atoms with E-state index >= 15 is 0 Å². The summed E-state index contributed by atoms with van der Waals surface area (Å²) in [5.41, 5.74) is 1.28. The van der Waals surface area contributed by atoms with E-state index in [0.717, 1.165) is 45.1 Å². The van der Waals surface area contributed by atoms with Crippen LogP contribution in [0.2, 0.25) is 0 Å². The van der Waals surface area contributed by atoms with Crippen molar-refractivity contribution < 1.29 is 4.79 Å². The average molecular weight is 567 g/mol. The molecule has 0 bridgehead atoms. The molecule has 1 fully saturated rings. The highest BCUT2D eigenvalue weighted by Gasteiger charge is 2.29. The minimum Gasteiger partial charge on any atom is -0.357 e. The Labute approximate surface area is 213 Å². The monoisotopic (exact) mass is 566 g/mol. The van der Waals surface area contributed by atoms with Crippen molar-refractivity contribution in [2.75, 3.05) is 32.7 Å². The summed E-state index contributed by atoms with van der Waals surface area (Å²) in [6.07, 6.45) is 1.52. The lowest BCUT2D eigenvalue weighted by Crippen LogP contribution is -2.40. The summed E-state index contributed by atoms with van der Waals surface area (Å²) in [5.74, 6) is 1.42. The summed E-state index contributed by atoms with van der Waals surface area (Å²) in [6.45, 7) is 8.20. The van der Waals surface area contributed by atoms with Crippen molar-refractivity contribution in [3.05, 3.63) is 66.2 Å². The Bertz CT molecular complexity index is 834. The molecule has 2 N–H and O–H groups in total. The molecular weight excluding hydrogens is 531 g/mol. The third kappa shape index (κ3) is 9.02. The summed E-state index contributed by atoms with van der Waals surface area (Å²) >= 11 is 1.84. The normalized spacial score (nSPS) is 17.1. The largest absolute Gasteiger partial charge is 0.357 e. The van der Waals surface area contributed by atoms with E-state index < -0.39 is 0 Å². The molecule has 1 saturated heterocycles. The number of thioether (sulfide) groups is 1. The van der Waals surface area contributed by atoms with Gasteiger partial charge in [0.05, 0.1) is 6.54 Å². The maximum Gasteiger partial charge on any atom is 0.223 e. The van der Waals surface area contributed by atoms with Crippen LogP contribution in [0.25, 0.3) is 0 Å². The third-order valence-corrected chi connectivity index (χ3v) is 6.39. The van der Waals surface area contributed by atoms with E-state index in [-0.39, 0.29) is 29.9 Å². The first-order valence-electron chi connectivity index (χ1n) is 11.2. The number of guanidine groups is 1. The SMILES string of the molecule is CCNC(=NCC(C)Sc1ccccc1)NCC1CC(=O)N(CCc2ccccc2)C1.I. The van der Waals surface area contributed by atoms with Crippen LogP contribution in [0.15, 0.2) is 70.6 Å². The number of carbonyl (C=O) groups is 1. The van der Waals surface area contributed by atoms with Gasteiger partial charge in [-0.2, -0.15) is 0 Å². The van der Waals surface area contributed by atoms with E-state index in [1.165, 1.54) is 10.5 Å². The molecule has 3 rings (SSSR count). The van der Waals surface area contributed by atoms with Crippen molar-refractivity contribution in [3.8, 4) is 0 Å². The molecule has 2 unspecified atom stereocenters. The number of amides is 1. The number of hydrogen-bond acceptors (Lipinski definition) is 3. The Hall–Kier alpha value is -1.74. The molecule has 32 heavy (non-hydrogen) atoms. The predicted molar refractivity (Wildman–Crippen MR) is 146 cm³/mol. The minimum absolute atomic E-state index is 0. The van der Waals surface area contributed by atoms with E-state index in [9.17, 15) is 4.79 Å². The summed E-state index contributed by atoms with van der Waals surface area (Å²) in [7, 11) is 0. The van der Waals surface area contributed by atoms with Crippen molar-refractivity contribution in [2.45, 2.75) is 36.8 Å². The number of nitrogens with zero attached hydrogens (tertiary/aromatic N) is 2.